The number of ether oxygens (including phenoxy) is 2. The molecule has 0 aliphatic heterocycles. The zero-order valence-electron chi connectivity index (χ0n) is 21.3. The van der Waals surface area contributed by atoms with E-state index in [0.717, 1.165) is 11.1 Å². The highest BCUT2D eigenvalue weighted by atomic mass is 16.5. The molecule has 4 rings (SSSR count). The summed E-state index contributed by atoms with van der Waals surface area (Å²) in [6.45, 7) is 4.42. The summed E-state index contributed by atoms with van der Waals surface area (Å²) in [5, 5.41) is 3.28. The van der Waals surface area contributed by atoms with Crippen molar-refractivity contribution in [3.8, 4) is 11.5 Å². The minimum absolute atomic E-state index is 0.0576. The number of nitrogens with one attached hydrogen (secondary N) is 1. The van der Waals surface area contributed by atoms with E-state index in [-0.39, 0.29) is 40.9 Å². The van der Waals surface area contributed by atoms with Crippen LogP contribution in [0.3, 0.4) is 0 Å². The highest BCUT2D eigenvalue weighted by Gasteiger charge is 2.21. The molecule has 0 fully saturated rings. The van der Waals surface area contributed by atoms with Crippen LogP contribution in [0.15, 0.2) is 82.0 Å². The molecule has 0 radical (unpaired) electrons. The van der Waals surface area contributed by atoms with Crippen molar-refractivity contribution in [1.82, 2.24) is 5.32 Å². The number of aryl methyl sites for hydroxylation is 1. The minimum Gasteiger partial charge on any atom is -0.426 e. The molecule has 1 heterocycles. The van der Waals surface area contributed by atoms with Crippen LogP contribution in [0.25, 0.3) is 11.0 Å². The molecule has 1 aromatic heterocycles. The minimum atomic E-state index is -0.707. The number of fused-ring (bicyclic) bond motifs is 1. The first kappa shape index (κ1) is 26.3. The summed E-state index contributed by atoms with van der Waals surface area (Å²) in [4.78, 5) is 49.0. The Bertz CT molecular complexity index is 1500. The fourth-order valence-electron chi connectivity index (χ4n) is 4.38. The zero-order valence-corrected chi connectivity index (χ0v) is 21.3. The number of carbonyl (C=O) groups is 3. The predicted molar refractivity (Wildman–Crippen MR) is 141 cm³/mol. The Morgan fingerprint density at radius 3 is 2.00 bits per heavy atom. The first-order chi connectivity index (χ1) is 18.2. The van der Waals surface area contributed by atoms with Gasteiger partial charge >= 0.3 is 17.6 Å². The third-order valence-electron chi connectivity index (χ3n) is 6.08. The fraction of sp³-hybridized carbons (Fsp3) is 0.200. The standard InChI is InChI=1S/C30H27NO7/c1-18-24(30(35)38-27-15-23(36-19(2)32)14-26(29(18)27)37-20(3)33)16-28(34)31-17-25(21-10-6-4-7-11-21)22-12-8-5-9-13-22/h4-15,25H,16-17H2,1-3H3,(H,31,34). The van der Waals surface area contributed by atoms with Crippen LogP contribution < -0.4 is 20.4 Å². The highest BCUT2D eigenvalue weighted by molar-refractivity contribution is 5.92. The molecule has 0 unspecified atom stereocenters. The molecule has 8 heteroatoms. The first-order valence-electron chi connectivity index (χ1n) is 12.1. The molecule has 0 saturated heterocycles. The normalized spacial score (nSPS) is 10.8. The van der Waals surface area contributed by atoms with Crippen molar-refractivity contribution in [2.45, 2.75) is 33.1 Å². The summed E-state index contributed by atoms with van der Waals surface area (Å²) in [5.41, 5.74) is 2.03. The Morgan fingerprint density at radius 2 is 1.45 bits per heavy atom. The van der Waals surface area contributed by atoms with E-state index in [2.05, 4.69) is 5.32 Å². The maximum atomic E-state index is 13.0. The van der Waals surface area contributed by atoms with Gasteiger partial charge in [0, 0.05) is 38.4 Å². The Balaban J connectivity index is 1.62. The summed E-state index contributed by atoms with van der Waals surface area (Å²) in [7, 11) is 0. The van der Waals surface area contributed by atoms with Gasteiger partial charge in [-0.1, -0.05) is 60.7 Å². The molecular weight excluding hydrogens is 486 g/mol. The van der Waals surface area contributed by atoms with Gasteiger partial charge in [-0.25, -0.2) is 4.79 Å². The zero-order chi connectivity index (χ0) is 27.2. The van der Waals surface area contributed by atoms with Crippen LogP contribution >= 0.6 is 0 Å². The Hall–Kier alpha value is -4.72. The quantitative estimate of drug-likeness (QED) is 0.211. The van der Waals surface area contributed by atoms with E-state index < -0.39 is 17.6 Å². The third-order valence-corrected chi connectivity index (χ3v) is 6.08. The van der Waals surface area contributed by atoms with Crippen molar-refractivity contribution in [2.24, 2.45) is 0 Å². The van der Waals surface area contributed by atoms with Gasteiger partial charge in [-0.05, 0) is 23.6 Å². The van der Waals surface area contributed by atoms with Gasteiger partial charge in [0.25, 0.3) is 0 Å². The van der Waals surface area contributed by atoms with Crippen LogP contribution in [-0.2, 0) is 20.8 Å². The molecule has 1 amide bonds. The van der Waals surface area contributed by atoms with Gasteiger partial charge in [0.1, 0.15) is 17.1 Å². The first-order valence-corrected chi connectivity index (χ1v) is 12.1. The van der Waals surface area contributed by atoms with Gasteiger partial charge in [-0.15, -0.1) is 0 Å². The average Bonchev–Trinajstić information content (AvgIpc) is 2.87. The molecule has 0 aliphatic carbocycles. The van der Waals surface area contributed by atoms with Crippen LogP contribution in [0.2, 0.25) is 0 Å². The Kier molecular flexibility index (Phi) is 8.01. The van der Waals surface area contributed by atoms with Gasteiger partial charge in [-0.2, -0.15) is 0 Å². The predicted octanol–water partition coefficient (Wildman–Crippen LogP) is 4.44. The second-order valence-corrected chi connectivity index (χ2v) is 8.83. The number of hydrogen-bond acceptors (Lipinski definition) is 7. The summed E-state index contributed by atoms with van der Waals surface area (Å²) in [6, 6.07) is 22.4. The van der Waals surface area contributed by atoms with Crippen molar-refractivity contribution in [1.29, 1.82) is 0 Å². The topological polar surface area (TPSA) is 112 Å². The summed E-state index contributed by atoms with van der Waals surface area (Å²) >= 11 is 0. The lowest BCUT2D eigenvalue weighted by Gasteiger charge is -2.19. The van der Waals surface area contributed by atoms with Crippen molar-refractivity contribution >= 4 is 28.8 Å². The van der Waals surface area contributed by atoms with Crippen LogP contribution in [0.1, 0.15) is 42.0 Å². The van der Waals surface area contributed by atoms with Crippen molar-refractivity contribution < 1.29 is 28.3 Å². The Morgan fingerprint density at radius 1 is 0.868 bits per heavy atom. The lowest BCUT2D eigenvalue weighted by atomic mass is 9.91. The van der Waals surface area contributed by atoms with E-state index in [1.807, 2.05) is 60.7 Å². The molecule has 3 aromatic carbocycles. The monoisotopic (exact) mass is 513 g/mol. The van der Waals surface area contributed by atoms with Gasteiger partial charge in [0.05, 0.1) is 17.4 Å². The second-order valence-electron chi connectivity index (χ2n) is 8.83. The number of hydrogen-bond donors (Lipinski definition) is 1. The van der Waals surface area contributed by atoms with Gasteiger partial charge in [0.15, 0.2) is 0 Å². The van der Waals surface area contributed by atoms with Crippen LogP contribution in [0.5, 0.6) is 11.5 Å². The number of benzene rings is 3. The molecule has 0 bridgehead atoms. The van der Waals surface area contributed by atoms with E-state index in [9.17, 15) is 19.2 Å². The van der Waals surface area contributed by atoms with Crippen LogP contribution in [0, 0.1) is 6.92 Å². The number of rotatable bonds is 8. The van der Waals surface area contributed by atoms with Crippen molar-refractivity contribution in [3.63, 3.8) is 0 Å². The fourth-order valence-corrected chi connectivity index (χ4v) is 4.38. The molecule has 8 nitrogen and oxygen atoms in total. The van der Waals surface area contributed by atoms with Crippen molar-refractivity contribution in [3.05, 3.63) is 105 Å². The molecule has 1 N–H and O–H groups in total. The van der Waals surface area contributed by atoms with Crippen LogP contribution in [0.4, 0.5) is 0 Å². The SMILES string of the molecule is CC(=O)Oc1cc(OC(C)=O)c2c(C)c(CC(=O)NCC(c3ccccc3)c3ccccc3)c(=O)oc2c1. The van der Waals surface area contributed by atoms with E-state index in [4.69, 9.17) is 13.9 Å². The molecule has 0 aliphatic rings. The van der Waals surface area contributed by atoms with Gasteiger partial charge in [0.2, 0.25) is 5.91 Å². The van der Waals surface area contributed by atoms with E-state index in [1.165, 1.54) is 26.0 Å². The molecular formula is C30H27NO7. The lowest BCUT2D eigenvalue weighted by molar-refractivity contribution is -0.132. The summed E-state index contributed by atoms with van der Waals surface area (Å²) < 4.78 is 15.9. The number of carbonyl (C=O) groups excluding carboxylic acids is 3. The van der Waals surface area contributed by atoms with Crippen molar-refractivity contribution in [2.75, 3.05) is 6.54 Å². The maximum Gasteiger partial charge on any atom is 0.340 e. The maximum absolute atomic E-state index is 13.0. The summed E-state index contributed by atoms with van der Waals surface area (Å²) in [5.74, 6) is -1.52. The summed E-state index contributed by atoms with van der Waals surface area (Å²) in [6.07, 6.45) is -0.231. The molecule has 0 spiro atoms. The van der Waals surface area contributed by atoms with E-state index in [1.54, 1.807) is 6.92 Å². The largest absolute Gasteiger partial charge is 0.426 e. The molecule has 0 saturated carbocycles. The van der Waals surface area contributed by atoms with E-state index in [0.29, 0.717) is 17.5 Å². The van der Waals surface area contributed by atoms with Crippen LogP contribution in [-0.4, -0.2) is 24.4 Å². The number of amides is 1. The average molecular weight is 514 g/mol. The lowest BCUT2D eigenvalue weighted by Crippen LogP contribution is -2.31. The third kappa shape index (κ3) is 6.15. The Labute approximate surface area is 219 Å². The smallest absolute Gasteiger partial charge is 0.340 e. The highest BCUT2D eigenvalue weighted by Crippen LogP contribution is 2.34. The van der Waals surface area contributed by atoms with Gasteiger partial charge < -0.3 is 19.2 Å². The number of esters is 2. The van der Waals surface area contributed by atoms with E-state index >= 15 is 0 Å². The molecule has 194 valence electrons. The molecule has 0 atom stereocenters. The second kappa shape index (κ2) is 11.6. The molecule has 4 aromatic rings. The molecule has 38 heavy (non-hydrogen) atoms. The van der Waals surface area contributed by atoms with Gasteiger partial charge in [-0.3, -0.25) is 14.4 Å².